The Balaban J connectivity index is 1.83. The van der Waals surface area contributed by atoms with E-state index in [1.807, 2.05) is 0 Å². The minimum Gasteiger partial charge on any atom is -0.373 e. The van der Waals surface area contributed by atoms with Crippen molar-refractivity contribution in [1.29, 1.82) is 0 Å². The van der Waals surface area contributed by atoms with Crippen molar-refractivity contribution in [2.45, 2.75) is 30.7 Å². The Hall–Kier alpha value is 0.540. The molecule has 60 valence electrons. The second-order valence-corrected chi connectivity index (χ2v) is 3.56. The lowest BCUT2D eigenvalue weighted by molar-refractivity contribution is 0.389. The SMILES string of the molecule is ClC[C@@H](Cl)CCC[C@@H]1CO1. The summed E-state index contributed by atoms with van der Waals surface area (Å²) in [7, 11) is 0. The van der Waals surface area contributed by atoms with Crippen LogP contribution in [0.5, 0.6) is 0 Å². The van der Waals surface area contributed by atoms with Crippen LogP contribution in [0.25, 0.3) is 0 Å². The summed E-state index contributed by atoms with van der Waals surface area (Å²) in [5.74, 6) is 0.563. The first-order valence-electron chi connectivity index (χ1n) is 3.64. The maximum atomic E-state index is 5.80. The second-order valence-electron chi connectivity index (χ2n) is 2.64. The second kappa shape index (κ2) is 4.42. The highest BCUT2D eigenvalue weighted by Crippen LogP contribution is 2.18. The summed E-state index contributed by atoms with van der Waals surface area (Å²) in [5, 5.41) is 0.153. The van der Waals surface area contributed by atoms with Crippen LogP contribution in [0.15, 0.2) is 0 Å². The summed E-state index contributed by atoms with van der Waals surface area (Å²) in [6.07, 6.45) is 3.86. The topological polar surface area (TPSA) is 12.5 Å². The van der Waals surface area contributed by atoms with Crippen LogP contribution in [-0.4, -0.2) is 24.0 Å². The first-order valence-corrected chi connectivity index (χ1v) is 4.61. The first kappa shape index (κ1) is 8.63. The fourth-order valence-corrected chi connectivity index (χ4v) is 1.19. The molecule has 0 radical (unpaired) electrons. The molecule has 3 heteroatoms. The largest absolute Gasteiger partial charge is 0.373 e. The minimum atomic E-state index is 0.153. The van der Waals surface area contributed by atoms with Gasteiger partial charge in [-0.3, -0.25) is 0 Å². The summed E-state index contributed by atoms with van der Waals surface area (Å²) in [4.78, 5) is 0. The molecule has 0 aromatic heterocycles. The van der Waals surface area contributed by atoms with Crippen LogP contribution in [-0.2, 0) is 4.74 Å². The van der Waals surface area contributed by atoms with Gasteiger partial charge in [-0.2, -0.15) is 0 Å². The van der Waals surface area contributed by atoms with Gasteiger partial charge in [0.2, 0.25) is 0 Å². The van der Waals surface area contributed by atoms with Crippen LogP contribution in [0.1, 0.15) is 19.3 Å². The lowest BCUT2D eigenvalue weighted by Gasteiger charge is -2.02. The summed E-state index contributed by atoms with van der Waals surface area (Å²) in [6, 6.07) is 0. The van der Waals surface area contributed by atoms with Crippen LogP contribution in [0, 0.1) is 0 Å². The molecule has 1 saturated heterocycles. The highest BCUT2D eigenvalue weighted by atomic mass is 35.5. The highest BCUT2D eigenvalue weighted by molar-refractivity contribution is 6.28. The van der Waals surface area contributed by atoms with Crippen molar-refractivity contribution in [3.63, 3.8) is 0 Å². The first-order chi connectivity index (χ1) is 4.83. The number of alkyl halides is 2. The molecular formula is C7H12Cl2O. The van der Waals surface area contributed by atoms with Gasteiger partial charge in [-0.1, -0.05) is 0 Å². The lowest BCUT2D eigenvalue weighted by atomic mass is 10.2. The van der Waals surface area contributed by atoms with Crippen LogP contribution >= 0.6 is 23.2 Å². The molecule has 0 amide bonds. The van der Waals surface area contributed by atoms with E-state index < -0.39 is 0 Å². The zero-order valence-corrected chi connectivity index (χ0v) is 7.37. The van der Waals surface area contributed by atoms with E-state index in [4.69, 9.17) is 27.9 Å². The van der Waals surface area contributed by atoms with E-state index in [1.54, 1.807) is 0 Å². The molecule has 0 saturated carbocycles. The van der Waals surface area contributed by atoms with E-state index in [9.17, 15) is 0 Å². The van der Waals surface area contributed by atoms with E-state index in [-0.39, 0.29) is 5.38 Å². The molecule has 2 atom stereocenters. The van der Waals surface area contributed by atoms with Gasteiger partial charge in [0.25, 0.3) is 0 Å². The van der Waals surface area contributed by atoms with Crippen LogP contribution in [0.3, 0.4) is 0 Å². The Bertz CT molecular complexity index is 93.6. The number of hydrogen-bond donors (Lipinski definition) is 0. The Morgan fingerprint density at radius 1 is 1.60 bits per heavy atom. The lowest BCUT2D eigenvalue weighted by Crippen LogP contribution is -2.00. The van der Waals surface area contributed by atoms with Crippen LogP contribution in [0.2, 0.25) is 0 Å². The third-order valence-corrected chi connectivity index (χ3v) is 2.52. The van der Waals surface area contributed by atoms with E-state index in [2.05, 4.69) is 0 Å². The smallest absolute Gasteiger partial charge is 0.0810 e. The van der Waals surface area contributed by atoms with Crippen molar-refractivity contribution < 1.29 is 4.74 Å². The molecule has 0 N–H and O–H groups in total. The third-order valence-electron chi connectivity index (χ3n) is 1.61. The average molecular weight is 183 g/mol. The van der Waals surface area contributed by atoms with Gasteiger partial charge < -0.3 is 4.74 Å². The number of hydrogen-bond acceptors (Lipinski definition) is 1. The van der Waals surface area contributed by atoms with Crippen molar-refractivity contribution in [2.75, 3.05) is 12.5 Å². The maximum Gasteiger partial charge on any atom is 0.0810 e. The van der Waals surface area contributed by atoms with Crippen molar-refractivity contribution in [3.8, 4) is 0 Å². The summed E-state index contributed by atoms with van der Waals surface area (Å²) in [5.41, 5.74) is 0. The van der Waals surface area contributed by atoms with Gasteiger partial charge in [0.05, 0.1) is 12.7 Å². The van der Waals surface area contributed by atoms with Crippen molar-refractivity contribution in [2.24, 2.45) is 0 Å². The zero-order chi connectivity index (χ0) is 7.40. The Labute approximate surface area is 71.6 Å². The molecule has 1 rings (SSSR count). The Morgan fingerprint density at radius 3 is 2.80 bits per heavy atom. The number of epoxide rings is 1. The monoisotopic (exact) mass is 182 g/mol. The number of rotatable bonds is 5. The Kier molecular flexibility index (Phi) is 3.82. The summed E-state index contributed by atoms with van der Waals surface area (Å²) in [6.45, 7) is 0.952. The number of ether oxygens (including phenoxy) is 1. The van der Waals surface area contributed by atoms with Crippen molar-refractivity contribution >= 4 is 23.2 Å². The van der Waals surface area contributed by atoms with Crippen LogP contribution in [0.4, 0.5) is 0 Å². The normalized spacial score (nSPS) is 26.4. The quantitative estimate of drug-likeness (QED) is 0.471. The van der Waals surface area contributed by atoms with Crippen molar-refractivity contribution in [1.82, 2.24) is 0 Å². The van der Waals surface area contributed by atoms with Gasteiger partial charge >= 0.3 is 0 Å². The Morgan fingerprint density at radius 2 is 2.30 bits per heavy atom. The summed E-state index contributed by atoms with van der Waals surface area (Å²) >= 11 is 11.3. The van der Waals surface area contributed by atoms with E-state index in [1.165, 1.54) is 0 Å². The third kappa shape index (κ3) is 3.65. The molecular weight excluding hydrogens is 171 g/mol. The fraction of sp³-hybridized carbons (Fsp3) is 1.00. The summed E-state index contributed by atoms with van der Waals surface area (Å²) < 4.78 is 5.05. The molecule has 0 aromatic rings. The van der Waals surface area contributed by atoms with Gasteiger partial charge in [-0.15, -0.1) is 23.2 Å². The predicted octanol–water partition coefficient (Wildman–Crippen LogP) is 2.40. The molecule has 1 fully saturated rings. The van der Waals surface area contributed by atoms with Crippen LogP contribution < -0.4 is 0 Å². The van der Waals surface area contributed by atoms with Gasteiger partial charge in [-0.05, 0) is 19.3 Å². The molecule has 0 spiro atoms. The highest BCUT2D eigenvalue weighted by Gasteiger charge is 2.21. The van der Waals surface area contributed by atoms with Gasteiger partial charge in [0, 0.05) is 11.3 Å². The van der Waals surface area contributed by atoms with E-state index in [0.717, 1.165) is 25.9 Å². The van der Waals surface area contributed by atoms with E-state index >= 15 is 0 Å². The zero-order valence-electron chi connectivity index (χ0n) is 5.85. The minimum absolute atomic E-state index is 0.153. The van der Waals surface area contributed by atoms with Gasteiger partial charge in [0.1, 0.15) is 0 Å². The molecule has 1 heterocycles. The fourth-order valence-electron chi connectivity index (χ4n) is 0.879. The molecule has 0 bridgehead atoms. The average Bonchev–Trinajstić information content (AvgIpc) is 2.71. The maximum absolute atomic E-state index is 5.80. The van der Waals surface area contributed by atoms with Crippen molar-refractivity contribution in [3.05, 3.63) is 0 Å². The van der Waals surface area contributed by atoms with Gasteiger partial charge in [-0.25, -0.2) is 0 Å². The molecule has 1 aliphatic rings. The number of halogens is 2. The standard InChI is InChI=1S/C7H12Cl2O/c8-4-6(9)2-1-3-7-5-10-7/h6-7H,1-5H2/t6-,7+/m0/s1. The molecule has 1 nitrogen and oxygen atoms in total. The molecule has 0 aromatic carbocycles. The molecule has 1 aliphatic heterocycles. The van der Waals surface area contributed by atoms with E-state index in [0.29, 0.717) is 12.0 Å². The molecule has 0 aliphatic carbocycles. The van der Waals surface area contributed by atoms with Gasteiger partial charge in [0.15, 0.2) is 0 Å². The predicted molar refractivity (Wildman–Crippen MR) is 44.0 cm³/mol. The molecule has 10 heavy (non-hydrogen) atoms. The molecule has 0 unspecified atom stereocenters.